The molecule has 0 saturated heterocycles. The van der Waals surface area contributed by atoms with E-state index < -0.39 is 30.3 Å². The number of hydrogen-bond acceptors (Lipinski definition) is 4. The molecule has 0 bridgehead atoms. The zero-order valence-corrected chi connectivity index (χ0v) is 17.4. The Hall–Kier alpha value is -2.28. The first-order valence-corrected chi connectivity index (χ1v) is 10.3. The van der Waals surface area contributed by atoms with Crippen molar-refractivity contribution in [3.05, 3.63) is 49.3 Å². The second kappa shape index (κ2) is 11.2. The standard InChI is InChI=1S/C14H8ClF3N2O2S.C6H12O/c1-2-7-3-10(23-12(7)15)13(21)19-8-4-9(16)14(22)20(5-8)6-11(17)18;7-6-4-2-1-3-5-6/h1,3-5,11H,6H2,(H,19,21);6-7H,1-5H2. The highest BCUT2D eigenvalue weighted by molar-refractivity contribution is 7.18. The van der Waals surface area contributed by atoms with E-state index in [1.165, 1.54) is 25.3 Å². The van der Waals surface area contributed by atoms with Crippen molar-refractivity contribution in [1.82, 2.24) is 4.57 Å². The predicted molar refractivity (Wildman–Crippen MR) is 111 cm³/mol. The molecule has 1 aliphatic rings. The Balaban J connectivity index is 0.000000386. The van der Waals surface area contributed by atoms with Crippen LogP contribution in [0.15, 0.2) is 23.1 Å². The number of carbonyl (C=O) groups excluding carboxylic acids is 1. The first-order valence-electron chi connectivity index (χ1n) is 9.14. The van der Waals surface area contributed by atoms with Crippen LogP contribution in [0.3, 0.4) is 0 Å². The molecule has 1 saturated carbocycles. The van der Waals surface area contributed by atoms with Crippen LogP contribution in [0.4, 0.5) is 18.9 Å². The third kappa shape index (κ3) is 6.90. The maximum Gasteiger partial charge on any atom is 0.286 e. The zero-order chi connectivity index (χ0) is 22.3. The summed E-state index contributed by atoms with van der Waals surface area (Å²) in [6.45, 7) is -0.981. The highest BCUT2D eigenvalue weighted by Gasteiger charge is 2.16. The van der Waals surface area contributed by atoms with Crippen LogP contribution in [0.5, 0.6) is 0 Å². The summed E-state index contributed by atoms with van der Waals surface area (Å²) >= 11 is 6.74. The third-order valence-electron chi connectivity index (χ3n) is 4.28. The summed E-state index contributed by atoms with van der Waals surface area (Å²) in [5.41, 5.74) is -1.01. The Morgan fingerprint density at radius 2 is 2.03 bits per heavy atom. The van der Waals surface area contributed by atoms with Crippen molar-refractivity contribution in [3.8, 4) is 12.3 Å². The fraction of sp³-hybridized carbons (Fsp3) is 0.400. The van der Waals surface area contributed by atoms with E-state index in [-0.39, 0.29) is 21.0 Å². The fourth-order valence-corrected chi connectivity index (χ4v) is 3.90. The van der Waals surface area contributed by atoms with Crippen LogP contribution in [-0.4, -0.2) is 28.1 Å². The van der Waals surface area contributed by atoms with Gasteiger partial charge < -0.3 is 15.0 Å². The molecule has 2 heterocycles. The number of rotatable bonds is 4. The number of thiophene rings is 1. The quantitative estimate of drug-likeness (QED) is 0.659. The number of halogens is 4. The number of nitrogens with one attached hydrogen (secondary N) is 1. The summed E-state index contributed by atoms with van der Waals surface area (Å²) in [6, 6.07) is 2.12. The van der Waals surface area contributed by atoms with Crippen LogP contribution in [0, 0.1) is 18.2 Å². The lowest BCUT2D eigenvalue weighted by atomic mass is 9.98. The van der Waals surface area contributed by atoms with Crippen molar-refractivity contribution in [2.75, 3.05) is 5.32 Å². The largest absolute Gasteiger partial charge is 0.393 e. The van der Waals surface area contributed by atoms with E-state index >= 15 is 0 Å². The number of anilines is 1. The lowest BCUT2D eigenvalue weighted by Crippen LogP contribution is -2.26. The van der Waals surface area contributed by atoms with Crippen LogP contribution < -0.4 is 10.9 Å². The van der Waals surface area contributed by atoms with Gasteiger partial charge in [-0.05, 0) is 18.9 Å². The highest BCUT2D eigenvalue weighted by Crippen LogP contribution is 2.27. The molecule has 2 aromatic rings. The molecule has 10 heteroatoms. The minimum atomic E-state index is -2.84. The molecule has 0 aromatic carbocycles. The van der Waals surface area contributed by atoms with E-state index in [9.17, 15) is 22.8 Å². The van der Waals surface area contributed by atoms with Crippen molar-refractivity contribution < 1.29 is 23.1 Å². The molecule has 30 heavy (non-hydrogen) atoms. The second-order valence-electron chi connectivity index (χ2n) is 6.61. The average molecular weight is 461 g/mol. The smallest absolute Gasteiger partial charge is 0.286 e. The van der Waals surface area contributed by atoms with E-state index in [4.69, 9.17) is 23.1 Å². The molecule has 3 rings (SSSR count). The molecule has 0 atom stereocenters. The van der Waals surface area contributed by atoms with Crippen molar-refractivity contribution in [2.24, 2.45) is 0 Å². The summed E-state index contributed by atoms with van der Waals surface area (Å²) in [5.74, 6) is 0.386. The zero-order valence-electron chi connectivity index (χ0n) is 15.8. The predicted octanol–water partition coefficient (Wildman–Crippen LogP) is 4.51. The van der Waals surface area contributed by atoms with Crippen molar-refractivity contribution in [1.29, 1.82) is 0 Å². The third-order valence-corrected chi connectivity index (χ3v) is 5.63. The topological polar surface area (TPSA) is 71.3 Å². The highest BCUT2D eigenvalue weighted by atomic mass is 35.5. The van der Waals surface area contributed by atoms with E-state index in [0.29, 0.717) is 10.1 Å². The Morgan fingerprint density at radius 1 is 1.37 bits per heavy atom. The SMILES string of the molecule is C#Cc1cc(C(=O)Nc2cc(F)c(=O)n(CC(F)F)c2)sc1Cl.OC1CCCCC1. The summed E-state index contributed by atoms with van der Waals surface area (Å²) < 4.78 is 39.0. The molecular formula is C20H20ClF3N2O3S. The molecule has 162 valence electrons. The second-order valence-corrected chi connectivity index (χ2v) is 8.27. The van der Waals surface area contributed by atoms with Crippen LogP contribution in [0.1, 0.15) is 47.3 Å². The van der Waals surface area contributed by atoms with Gasteiger partial charge in [-0.1, -0.05) is 36.8 Å². The van der Waals surface area contributed by atoms with Gasteiger partial charge in [0.2, 0.25) is 0 Å². The maximum absolute atomic E-state index is 13.5. The minimum absolute atomic E-state index is 0.0359. The molecule has 2 aromatic heterocycles. The fourth-order valence-electron chi connectivity index (χ4n) is 2.80. The number of amides is 1. The Bertz CT molecular complexity index is 979. The lowest BCUT2D eigenvalue weighted by molar-refractivity contribution is 0.103. The summed E-state index contributed by atoms with van der Waals surface area (Å²) in [4.78, 5) is 23.6. The molecule has 0 spiro atoms. The van der Waals surface area contributed by atoms with Gasteiger partial charge in [-0.2, -0.15) is 0 Å². The van der Waals surface area contributed by atoms with E-state index in [0.717, 1.165) is 36.4 Å². The van der Waals surface area contributed by atoms with E-state index in [2.05, 4.69) is 11.2 Å². The van der Waals surface area contributed by atoms with E-state index in [1.807, 2.05) is 0 Å². The number of terminal acetylenes is 1. The van der Waals surface area contributed by atoms with Gasteiger partial charge in [-0.25, -0.2) is 13.2 Å². The van der Waals surface area contributed by atoms with Crippen molar-refractivity contribution >= 4 is 34.5 Å². The maximum atomic E-state index is 13.5. The molecule has 1 fully saturated rings. The molecule has 1 amide bonds. The first-order chi connectivity index (χ1) is 14.2. The molecule has 1 aliphatic carbocycles. The Morgan fingerprint density at radius 3 is 2.53 bits per heavy atom. The van der Waals surface area contributed by atoms with Crippen LogP contribution in [0.2, 0.25) is 4.34 Å². The van der Waals surface area contributed by atoms with Gasteiger partial charge in [-0.15, -0.1) is 17.8 Å². The number of aromatic nitrogens is 1. The van der Waals surface area contributed by atoms with Crippen LogP contribution in [0.25, 0.3) is 0 Å². The van der Waals surface area contributed by atoms with Gasteiger partial charge in [0.15, 0.2) is 5.82 Å². The van der Waals surface area contributed by atoms with Gasteiger partial charge in [0.25, 0.3) is 17.9 Å². The monoisotopic (exact) mass is 460 g/mol. The van der Waals surface area contributed by atoms with Gasteiger partial charge in [0.1, 0.15) is 4.34 Å². The van der Waals surface area contributed by atoms with Gasteiger partial charge in [-0.3, -0.25) is 9.59 Å². The van der Waals surface area contributed by atoms with Crippen LogP contribution in [-0.2, 0) is 6.54 Å². The molecular weight excluding hydrogens is 441 g/mol. The summed E-state index contributed by atoms with van der Waals surface area (Å²) in [6.07, 6.45) is 9.22. The normalized spacial score (nSPS) is 14.0. The first kappa shape index (κ1) is 24.0. The van der Waals surface area contributed by atoms with Gasteiger partial charge in [0, 0.05) is 12.3 Å². The van der Waals surface area contributed by atoms with Gasteiger partial charge >= 0.3 is 0 Å². The van der Waals surface area contributed by atoms with Gasteiger partial charge in [0.05, 0.1) is 28.8 Å². The van der Waals surface area contributed by atoms with Crippen molar-refractivity contribution in [3.63, 3.8) is 0 Å². The average Bonchev–Trinajstić information content (AvgIpc) is 3.07. The number of hydrogen-bond donors (Lipinski definition) is 2. The van der Waals surface area contributed by atoms with Crippen molar-refractivity contribution in [2.45, 2.75) is 51.2 Å². The number of aliphatic hydroxyl groups excluding tert-OH is 1. The number of pyridine rings is 1. The summed E-state index contributed by atoms with van der Waals surface area (Å²) in [5, 5.41) is 11.2. The number of alkyl halides is 2. The molecule has 0 aliphatic heterocycles. The number of carbonyl (C=O) groups is 1. The minimum Gasteiger partial charge on any atom is -0.393 e. The van der Waals surface area contributed by atoms with E-state index in [1.54, 1.807) is 0 Å². The molecule has 0 unspecified atom stereocenters. The molecule has 5 nitrogen and oxygen atoms in total. The Labute approximate surface area is 180 Å². The number of nitrogens with zero attached hydrogens (tertiary/aromatic N) is 1. The Kier molecular flexibility index (Phi) is 8.96. The molecule has 2 N–H and O–H groups in total. The summed E-state index contributed by atoms with van der Waals surface area (Å²) in [7, 11) is 0. The lowest BCUT2D eigenvalue weighted by Gasteiger charge is -2.14. The number of aliphatic hydroxyl groups is 1. The molecule has 0 radical (unpaired) electrons. The van der Waals surface area contributed by atoms with Crippen LogP contribution >= 0.6 is 22.9 Å².